The highest BCUT2D eigenvalue weighted by Crippen LogP contribution is 2.38. The second-order valence-corrected chi connectivity index (χ2v) is 7.20. The van der Waals surface area contributed by atoms with Crippen LogP contribution in [0.1, 0.15) is 48.6 Å². The van der Waals surface area contributed by atoms with Gasteiger partial charge in [-0.3, -0.25) is 4.90 Å². The van der Waals surface area contributed by atoms with Gasteiger partial charge in [0.1, 0.15) is 11.6 Å². The lowest BCUT2D eigenvalue weighted by Gasteiger charge is -2.30. The van der Waals surface area contributed by atoms with Crippen LogP contribution in [0.5, 0.6) is 0 Å². The van der Waals surface area contributed by atoms with Gasteiger partial charge in [0.2, 0.25) is 0 Å². The lowest BCUT2D eigenvalue weighted by Crippen LogP contribution is -2.35. The zero-order chi connectivity index (χ0) is 17.1. The Hall–Kier alpha value is -1.98. The Kier molecular flexibility index (Phi) is 4.95. The molecule has 0 unspecified atom stereocenters. The summed E-state index contributed by atoms with van der Waals surface area (Å²) in [7, 11) is 0. The van der Waals surface area contributed by atoms with Gasteiger partial charge >= 0.3 is 0 Å². The predicted molar refractivity (Wildman–Crippen MR) is 98.3 cm³/mol. The Labute approximate surface area is 149 Å². The number of rotatable bonds is 6. The van der Waals surface area contributed by atoms with Crippen molar-refractivity contribution in [2.24, 2.45) is 0 Å². The van der Waals surface area contributed by atoms with Gasteiger partial charge in [-0.15, -0.1) is 0 Å². The maximum absolute atomic E-state index is 9.67. The van der Waals surface area contributed by atoms with E-state index in [1.165, 1.54) is 24.0 Å². The Morgan fingerprint density at radius 2 is 1.80 bits per heavy atom. The summed E-state index contributed by atoms with van der Waals surface area (Å²) in [6, 6.07) is 10.5. The van der Waals surface area contributed by atoms with Gasteiger partial charge < -0.3 is 10.4 Å². The number of aliphatic hydroxyl groups is 1. The molecule has 1 aromatic carbocycles. The minimum absolute atomic E-state index is 0.119. The molecule has 2 heterocycles. The van der Waals surface area contributed by atoms with E-state index in [0.29, 0.717) is 5.92 Å². The van der Waals surface area contributed by atoms with Gasteiger partial charge in [0.05, 0.1) is 6.10 Å². The molecular weight excluding hydrogens is 312 g/mol. The molecule has 0 bridgehead atoms. The minimum Gasteiger partial charge on any atom is -0.393 e. The van der Waals surface area contributed by atoms with Crippen LogP contribution >= 0.6 is 0 Å². The fourth-order valence-corrected chi connectivity index (χ4v) is 3.40. The smallest absolute Gasteiger partial charge is 0.133 e. The summed E-state index contributed by atoms with van der Waals surface area (Å²) in [4.78, 5) is 11.5. The summed E-state index contributed by atoms with van der Waals surface area (Å²) in [6.45, 7) is 3.66. The molecule has 0 radical (unpaired) electrons. The minimum atomic E-state index is -0.119. The lowest BCUT2D eigenvalue weighted by molar-refractivity contribution is 0.0791. The summed E-state index contributed by atoms with van der Waals surface area (Å²) in [5.74, 6) is 2.46. The molecule has 1 aromatic heterocycles. The third-order valence-electron chi connectivity index (χ3n) is 5.15. The number of likely N-dealkylation sites (tertiary alicyclic amines) is 1. The van der Waals surface area contributed by atoms with E-state index in [2.05, 4.69) is 44.5 Å². The molecule has 2 fully saturated rings. The molecular formula is C20H26N4O. The molecule has 5 nitrogen and oxygen atoms in total. The first kappa shape index (κ1) is 16.5. The first-order valence-corrected chi connectivity index (χ1v) is 9.32. The zero-order valence-electron chi connectivity index (χ0n) is 14.6. The average Bonchev–Trinajstić information content (AvgIpc) is 3.48. The van der Waals surface area contributed by atoms with Crippen LogP contribution in [0.15, 0.2) is 36.5 Å². The van der Waals surface area contributed by atoms with Crippen LogP contribution in [0.4, 0.5) is 5.82 Å². The van der Waals surface area contributed by atoms with Crippen molar-refractivity contribution in [3.8, 4) is 0 Å². The second-order valence-electron chi connectivity index (χ2n) is 7.20. The fourth-order valence-electron chi connectivity index (χ4n) is 3.40. The topological polar surface area (TPSA) is 61.3 Å². The van der Waals surface area contributed by atoms with Crippen molar-refractivity contribution in [2.45, 2.75) is 50.8 Å². The molecule has 1 saturated heterocycles. The lowest BCUT2D eigenvalue weighted by atomic mass is 10.0. The van der Waals surface area contributed by atoms with E-state index in [0.717, 1.165) is 50.7 Å². The molecule has 4 rings (SSSR count). The normalized spacial score (nSPS) is 19.1. The van der Waals surface area contributed by atoms with Crippen molar-refractivity contribution >= 4 is 5.82 Å². The highest BCUT2D eigenvalue weighted by molar-refractivity contribution is 5.37. The van der Waals surface area contributed by atoms with Crippen molar-refractivity contribution in [3.63, 3.8) is 0 Å². The van der Waals surface area contributed by atoms with Crippen LogP contribution in [-0.2, 0) is 13.1 Å². The van der Waals surface area contributed by atoms with Crippen LogP contribution in [0.3, 0.4) is 0 Å². The van der Waals surface area contributed by atoms with Crippen LogP contribution in [0, 0.1) is 0 Å². The summed E-state index contributed by atoms with van der Waals surface area (Å²) < 4.78 is 0. The molecule has 132 valence electrons. The largest absolute Gasteiger partial charge is 0.393 e. The molecule has 1 aliphatic carbocycles. The third kappa shape index (κ3) is 4.35. The predicted octanol–water partition coefficient (Wildman–Crippen LogP) is 2.92. The first-order valence-electron chi connectivity index (χ1n) is 9.32. The van der Waals surface area contributed by atoms with Gasteiger partial charge in [0, 0.05) is 38.3 Å². The number of nitrogens with zero attached hydrogens (tertiary/aromatic N) is 3. The summed E-state index contributed by atoms with van der Waals surface area (Å²) >= 11 is 0. The van der Waals surface area contributed by atoms with Gasteiger partial charge in [-0.2, -0.15) is 0 Å². The number of hydrogen-bond donors (Lipinski definition) is 2. The van der Waals surface area contributed by atoms with E-state index in [4.69, 9.17) is 0 Å². The van der Waals surface area contributed by atoms with Gasteiger partial charge in [-0.05, 0) is 42.9 Å². The number of anilines is 1. The van der Waals surface area contributed by atoms with Crippen LogP contribution in [0.25, 0.3) is 0 Å². The van der Waals surface area contributed by atoms with E-state index in [-0.39, 0.29) is 6.10 Å². The monoisotopic (exact) mass is 338 g/mol. The molecule has 2 aliphatic rings. The van der Waals surface area contributed by atoms with Gasteiger partial charge in [-0.1, -0.05) is 24.3 Å². The maximum atomic E-state index is 9.67. The molecule has 0 spiro atoms. The molecule has 2 N–H and O–H groups in total. The van der Waals surface area contributed by atoms with Crippen LogP contribution in [0.2, 0.25) is 0 Å². The molecule has 1 saturated carbocycles. The van der Waals surface area contributed by atoms with Gasteiger partial charge in [0.25, 0.3) is 0 Å². The molecule has 0 atom stereocenters. The zero-order valence-corrected chi connectivity index (χ0v) is 14.6. The maximum Gasteiger partial charge on any atom is 0.133 e. The van der Waals surface area contributed by atoms with E-state index in [1.54, 1.807) is 0 Å². The van der Waals surface area contributed by atoms with Gasteiger partial charge in [-0.25, -0.2) is 9.97 Å². The van der Waals surface area contributed by atoms with Crippen LogP contribution in [-0.4, -0.2) is 39.2 Å². The summed E-state index contributed by atoms with van der Waals surface area (Å²) in [6.07, 6.45) is 5.93. The fraction of sp³-hybridized carbons (Fsp3) is 0.500. The molecule has 25 heavy (non-hydrogen) atoms. The Bertz CT molecular complexity index is 708. The number of benzene rings is 1. The van der Waals surface area contributed by atoms with E-state index < -0.39 is 0 Å². The number of aromatic nitrogens is 2. The molecule has 5 heteroatoms. The SMILES string of the molecule is OC1CCN(Cc2ccccc2CNc2ccnc(C3CC3)n2)CC1. The molecule has 1 aliphatic heterocycles. The van der Waals surface area contributed by atoms with Gasteiger partial charge in [0.15, 0.2) is 0 Å². The van der Waals surface area contributed by atoms with Crippen molar-refractivity contribution in [3.05, 3.63) is 53.5 Å². The number of piperidine rings is 1. The standard InChI is InChI=1S/C20H26N4O/c25-18-8-11-24(12-9-18)14-17-4-2-1-3-16(17)13-22-19-7-10-21-20(23-19)15-5-6-15/h1-4,7,10,15,18,25H,5-6,8-9,11-14H2,(H,21,22,23). The first-order chi connectivity index (χ1) is 12.3. The molecule has 0 amide bonds. The second kappa shape index (κ2) is 7.50. The highest BCUT2D eigenvalue weighted by Gasteiger charge is 2.26. The van der Waals surface area contributed by atoms with E-state index >= 15 is 0 Å². The highest BCUT2D eigenvalue weighted by atomic mass is 16.3. The van der Waals surface area contributed by atoms with Crippen molar-refractivity contribution in [2.75, 3.05) is 18.4 Å². The van der Waals surface area contributed by atoms with Crippen molar-refractivity contribution in [1.82, 2.24) is 14.9 Å². The van der Waals surface area contributed by atoms with E-state index in [9.17, 15) is 5.11 Å². The quantitative estimate of drug-likeness (QED) is 0.848. The third-order valence-corrected chi connectivity index (χ3v) is 5.15. The Morgan fingerprint density at radius 1 is 1.04 bits per heavy atom. The number of nitrogens with one attached hydrogen (secondary N) is 1. The van der Waals surface area contributed by atoms with Crippen LogP contribution < -0.4 is 5.32 Å². The Morgan fingerprint density at radius 3 is 2.56 bits per heavy atom. The van der Waals surface area contributed by atoms with E-state index in [1.807, 2.05) is 12.3 Å². The number of hydrogen-bond acceptors (Lipinski definition) is 5. The Balaban J connectivity index is 1.39. The molecule has 2 aromatic rings. The number of aliphatic hydroxyl groups excluding tert-OH is 1. The van der Waals surface area contributed by atoms with Crippen molar-refractivity contribution in [1.29, 1.82) is 0 Å². The summed E-state index contributed by atoms with van der Waals surface area (Å²) in [5.41, 5.74) is 2.66. The van der Waals surface area contributed by atoms with Crippen molar-refractivity contribution < 1.29 is 5.11 Å². The average molecular weight is 338 g/mol. The summed E-state index contributed by atoms with van der Waals surface area (Å²) in [5, 5.41) is 13.1.